The second kappa shape index (κ2) is 4.87. The van der Waals surface area contributed by atoms with Crippen LogP contribution in [0.15, 0.2) is 18.2 Å². The first-order valence-corrected chi connectivity index (χ1v) is 6.75. The Hall–Kier alpha value is -1.11. The standard InChI is InChI=1S/C17H26O/c1-8-15(18)12-9-10-13(16(2,3)4)14(11-12)17(5,6)7/h9-11H,8H2,1-7H3. The van der Waals surface area contributed by atoms with E-state index in [1.165, 1.54) is 11.1 Å². The monoisotopic (exact) mass is 246 g/mol. The summed E-state index contributed by atoms with van der Waals surface area (Å²) in [6.45, 7) is 15.2. The fourth-order valence-electron chi connectivity index (χ4n) is 2.20. The Kier molecular flexibility index (Phi) is 4.05. The normalized spacial score (nSPS) is 12.6. The lowest BCUT2D eigenvalue weighted by molar-refractivity contribution is 0.0988. The van der Waals surface area contributed by atoms with Gasteiger partial charge in [0.05, 0.1) is 0 Å². The zero-order valence-corrected chi connectivity index (χ0v) is 12.8. The molecule has 18 heavy (non-hydrogen) atoms. The lowest BCUT2D eigenvalue weighted by Crippen LogP contribution is -2.22. The molecule has 0 amide bonds. The fourth-order valence-corrected chi connectivity index (χ4v) is 2.20. The van der Waals surface area contributed by atoms with E-state index < -0.39 is 0 Å². The third-order valence-electron chi connectivity index (χ3n) is 3.28. The second-order valence-electron chi connectivity index (χ2n) is 7.04. The highest BCUT2D eigenvalue weighted by Crippen LogP contribution is 2.34. The van der Waals surface area contributed by atoms with Gasteiger partial charge < -0.3 is 0 Å². The molecule has 0 fully saturated rings. The molecule has 1 heteroatoms. The van der Waals surface area contributed by atoms with Crippen LogP contribution < -0.4 is 0 Å². The van der Waals surface area contributed by atoms with Gasteiger partial charge in [-0.05, 0) is 28.0 Å². The number of carbonyl (C=O) groups is 1. The minimum absolute atomic E-state index is 0.0621. The van der Waals surface area contributed by atoms with Crippen molar-refractivity contribution in [2.45, 2.75) is 65.7 Å². The molecule has 0 aliphatic carbocycles. The van der Waals surface area contributed by atoms with Gasteiger partial charge in [-0.15, -0.1) is 0 Å². The summed E-state index contributed by atoms with van der Waals surface area (Å²) in [5.41, 5.74) is 3.63. The van der Waals surface area contributed by atoms with Crippen molar-refractivity contribution in [2.75, 3.05) is 0 Å². The van der Waals surface area contributed by atoms with Crippen molar-refractivity contribution >= 4 is 5.78 Å². The molecule has 0 bridgehead atoms. The van der Waals surface area contributed by atoms with E-state index in [1.54, 1.807) is 0 Å². The Morgan fingerprint density at radius 2 is 1.44 bits per heavy atom. The number of ketones is 1. The van der Waals surface area contributed by atoms with Crippen LogP contribution in [0.3, 0.4) is 0 Å². The average Bonchev–Trinajstić information content (AvgIpc) is 2.24. The first-order valence-electron chi connectivity index (χ1n) is 6.75. The van der Waals surface area contributed by atoms with Crippen molar-refractivity contribution in [3.63, 3.8) is 0 Å². The first kappa shape index (κ1) is 14.9. The van der Waals surface area contributed by atoms with Crippen LogP contribution in [-0.2, 0) is 10.8 Å². The Morgan fingerprint density at radius 1 is 0.944 bits per heavy atom. The van der Waals surface area contributed by atoms with Gasteiger partial charge in [0.25, 0.3) is 0 Å². The highest BCUT2D eigenvalue weighted by atomic mass is 16.1. The van der Waals surface area contributed by atoms with Crippen LogP contribution in [0, 0.1) is 0 Å². The summed E-state index contributed by atoms with van der Waals surface area (Å²) in [6, 6.07) is 6.19. The summed E-state index contributed by atoms with van der Waals surface area (Å²) in [4.78, 5) is 11.9. The molecule has 0 saturated carbocycles. The Morgan fingerprint density at radius 3 is 1.83 bits per heavy atom. The predicted octanol–water partition coefficient (Wildman–Crippen LogP) is 4.87. The van der Waals surface area contributed by atoms with Gasteiger partial charge in [-0.3, -0.25) is 4.79 Å². The maximum atomic E-state index is 11.9. The highest BCUT2D eigenvalue weighted by molar-refractivity contribution is 5.96. The van der Waals surface area contributed by atoms with Crippen molar-refractivity contribution < 1.29 is 4.79 Å². The van der Waals surface area contributed by atoms with E-state index in [0.717, 1.165) is 5.56 Å². The van der Waals surface area contributed by atoms with Crippen LogP contribution in [0.5, 0.6) is 0 Å². The molecule has 0 N–H and O–H groups in total. The van der Waals surface area contributed by atoms with E-state index >= 15 is 0 Å². The summed E-state index contributed by atoms with van der Waals surface area (Å²) in [5.74, 6) is 0.223. The summed E-state index contributed by atoms with van der Waals surface area (Å²) in [6.07, 6.45) is 0.568. The molecule has 0 aliphatic rings. The van der Waals surface area contributed by atoms with Crippen LogP contribution in [-0.4, -0.2) is 5.78 Å². The van der Waals surface area contributed by atoms with Gasteiger partial charge in [0.1, 0.15) is 0 Å². The lowest BCUT2D eigenvalue weighted by atomic mass is 9.74. The van der Waals surface area contributed by atoms with E-state index in [1.807, 2.05) is 13.0 Å². The van der Waals surface area contributed by atoms with Crippen LogP contribution >= 0.6 is 0 Å². The Balaban J connectivity index is 3.45. The highest BCUT2D eigenvalue weighted by Gasteiger charge is 2.25. The van der Waals surface area contributed by atoms with Crippen LogP contribution in [0.1, 0.15) is 76.4 Å². The number of hydrogen-bond acceptors (Lipinski definition) is 1. The van der Waals surface area contributed by atoms with Crippen molar-refractivity contribution in [1.29, 1.82) is 0 Å². The molecule has 0 saturated heterocycles. The van der Waals surface area contributed by atoms with Crippen molar-refractivity contribution in [3.8, 4) is 0 Å². The molecule has 0 aromatic heterocycles. The Labute approximate surface area is 112 Å². The van der Waals surface area contributed by atoms with E-state index in [-0.39, 0.29) is 16.6 Å². The van der Waals surface area contributed by atoms with Gasteiger partial charge in [-0.1, -0.05) is 60.6 Å². The van der Waals surface area contributed by atoms with Gasteiger partial charge in [-0.25, -0.2) is 0 Å². The number of hydrogen-bond donors (Lipinski definition) is 0. The molecule has 0 aliphatic heterocycles. The molecular weight excluding hydrogens is 220 g/mol. The van der Waals surface area contributed by atoms with E-state index in [2.05, 4.69) is 53.7 Å². The third-order valence-corrected chi connectivity index (χ3v) is 3.28. The molecule has 1 nitrogen and oxygen atoms in total. The average molecular weight is 246 g/mol. The van der Waals surface area contributed by atoms with Gasteiger partial charge in [0, 0.05) is 12.0 Å². The topological polar surface area (TPSA) is 17.1 Å². The summed E-state index contributed by atoms with van der Waals surface area (Å²) < 4.78 is 0. The van der Waals surface area contributed by atoms with Gasteiger partial charge in [0.15, 0.2) is 5.78 Å². The summed E-state index contributed by atoms with van der Waals surface area (Å²) in [7, 11) is 0. The minimum Gasteiger partial charge on any atom is -0.294 e. The SMILES string of the molecule is CCC(=O)c1ccc(C(C)(C)C)c(C(C)(C)C)c1. The molecule has 0 radical (unpaired) electrons. The maximum absolute atomic E-state index is 11.9. The second-order valence-corrected chi connectivity index (χ2v) is 7.04. The van der Waals surface area contributed by atoms with Gasteiger partial charge in [0.2, 0.25) is 0 Å². The van der Waals surface area contributed by atoms with Crippen molar-refractivity contribution in [3.05, 3.63) is 34.9 Å². The summed E-state index contributed by atoms with van der Waals surface area (Å²) >= 11 is 0. The van der Waals surface area contributed by atoms with Gasteiger partial charge >= 0.3 is 0 Å². The fraction of sp³-hybridized carbons (Fsp3) is 0.588. The number of rotatable bonds is 2. The van der Waals surface area contributed by atoms with Gasteiger partial charge in [-0.2, -0.15) is 0 Å². The van der Waals surface area contributed by atoms with Crippen molar-refractivity contribution in [1.82, 2.24) is 0 Å². The maximum Gasteiger partial charge on any atom is 0.162 e. The van der Waals surface area contributed by atoms with E-state index in [9.17, 15) is 4.79 Å². The number of carbonyl (C=O) groups excluding carboxylic acids is 1. The molecule has 0 spiro atoms. The molecular formula is C17H26O. The zero-order chi connectivity index (χ0) is 14.1. The zero-order valence-electron chi connectivity index (χ0n) is 12.8. The summed E-state index contributed by atoms with van der Waals surface area (Å²) in [5, 5.41) is 0. The molecule has 0 heterocycles. The number of Topliss-reactive ketones (excluding diaryl/α,β-unsaturated/α-hetero) is 1. The molecule has 1 rings (SSSR count). The smallest absolute Gasteiger partial charge is 0.162 e. The molecule has 100 valence electrons. The molecule has 0 atom stereocenters. The van der Waals surface area contributed by atoms with Crippen LogP contribution in [0.25, 0.3) is 0 Å². The molecule has 1 aromatic carbocycles. The van der Waals surface area contributed by atoms with E-state index in [4.69, 9.17) is 0 Å². The number of benzene rings is 1. The van der Waals surface area contributed by atoms with Crippen LogP contribution in [0.2, 0.25) is 0 Å². The van der Waals surface area contributed by atoms with E-state index in [0.29, 0.717) is 6.42 Å². The quantitative estimate of drug-likeness (QED) is 0.680. The largest absolute Gasteiger partial charge is 0.294 e. The first-order chi connectivity index (χ1) is 8.07. The van der Waals surface area contributed by atoms with Crippen LogP contribution in [0.4, 0.5) is 0 Å². The minimum atomic E-state index is 0.0621. The Bertz CT molecular complexity index is 442. The predicted molar refractivity (Wildman–Crippen MR) is 78.5 cm³/mol. The molecule has 1 aromatic rings. The van der Waals surface area contributed by atoms with Crippen molar-refractivity contribution in [2.24, 2.45) is 0 Å². The third kappa shape index (κ3) is 3.22. The lowest BCUT2D eigenvalue weighted by Gasteiger charge is -2.30. The molecule has 0 unspecified atom stereocenters.